The van der Waals surface area contributed by atoms with Crippen LogP contribution in [-0.2, 0) is 0 Å². The van der Waals surface area contributed by atoms with Crippen molar-refractivity contribution in [2.24, 2.45) is 5.41 Å². The van der Waals surface area contributed by atoms with Gasteiger partial charge in [0.1, 0.15) is 5.75 Å². The SMILES string of the molecule is CC1(C)CC1c1noc(-c2ccc(I)c(O)c2)n1. The molecule has 0 spiro atoms. The lowest BCUT2D eigenvalue weighted by Gasteiger charge is -1.98. The molecule has 2 aromatic rings. The zero-order valence-corrected chi connectivity index (χ0v) is 12.3. The molecule has 1 unspecified atom stereocenters. The summed E-state index contributed by atoms with van der Waals surface area (Å²) in [5.41, 5.74) is 1.04. The Labute approximate surface area is 119 Å². The number of phenolic OH excluding ortho intramolecular Hbond substituents is 1. The highest BCUT2D eigenvalue weighted by Crippen LogP contribution is 2.57. The van der Waals surface area contributed by atoms with E-state index in [1.54, 1.807) is 6.07 Å². The van der Waals surface area contributed by atoms with Crippen LogP contribution < -0.4 is 0 Å². The van der Waals surface area contributed by atoms with Crippen molar-refractivity contribution in [3.63, 3.8) is 0 Å². The molecule has 1 N–H and O–H groups in total. The molecule has 0 saturated heterocycles. The first kappa shape index (κ1) is 12.0. The van der Waals surface area contributed by atoms with Gasteiger partial charge in [-0.2, -0.15) is 4.98 Å². The summed E-state index contributed by atoms with van der Waals surface area (Å²) in [6.07, 6.45) is 1.10. The average molecular weight is 356 g/mol. The van der Waals surface area contributed by atoms with E-state index < -0.39 is 0 Å². The van der Waals surface area contributed by atoms with Crippen LogP contribution >= 0.6 is 22.6 Å². The van der Waals surface area contributed by atoms with Gasteiger partial charge in [0.2, 0.25) is 0 Å². The molecule has 1 fully saturated rings. The average Bonchev–Trinajstić information content (AvgIpc) is 2.78. The maximum absolute atomic E-state index is 9.68. The molecule has 1 heterocycles. The van der Waals surface area contributed by atoms with Crippen molar-refractivity contribution in [2.45, 2.75) is 26.2 Å². The second-order valence-electron chi connectivity index (χ2n) is 5.37. The Bertz CT molecular complexity index is 607. The maximum Gasteiger partial charge on any atom is 0.258 e. The van der Waals surface area contributed by atoms with Gasteiger partial charge in [-0.05, 0) is 52.6 Å². The largest absolute Gasteiger partial charge is 0.507 e. The van der Waals surface area contributed by atoms with Crippen molar-refractivity contribution in [3.8, 4) is 17.2 Å². The van der Waals surface area contributed by atoms with Crippen molar-refractivity contribution in [1.82, 2.24) is 10.1 Å². The molecule has 0 bridgehead atoms. The van der Waals surface area contributed by atoms with Crippen LogP contribution in [0.2, 0.25) is 0 Å². The van der Waals surface area contributed by atoms with Gasteiger partial charge in [-0.3, -0.25) is 0 Å². The van der Waals surface area contributed by atoms with E-state index in [4.69, 9.17) is 4.52 Å². The Morgan fingerprint density at radius 2 is 2.17 bits per heavy atom. The summed E-state index contributed by atoms with van der Waals surface area (Å²) in [5.74, 6) is 1.87. The fourth-order valence-corrected chi connectivity index (χ4v) is 2.38. The second-order valence-corrected chi connectivity index (χ2v) is 6.53. The number of halogens is 1. The van der Waals surface area contributed by atoms with Crippen LogP contribution in [-0.4, -0.2) is 15.2 Å². The molecule has 1 atom stereocenters. The summed E-state index contributed by atoms with van der Waals surface area (Å²) >= 11 is 2.07. The Kier molecular flexibility index (Phi) is 2.62. The van der Waals surface area contributed by atoms with Gasteiger partial charge in [-0.1, -0.05) is 19.0 Å². The van der Waals surface area contributed by atoms with Crippen LogP contribution in [0.3, 0.4) is 0 Å². The first-order chi connectivity index (χ1) is 8.47. The minimum atomic E-state index is 0.236. The molecule has 5 heteroatoms. The van der Waals surface area contributed by atoms with E-state index >= 15 is 0 Å². The summed E-state index contributed by atoms with van der Waals surface area (Å²) in [4.78, 5) is 4.42. The molecule has 4 nitrogen and oxygen atoms in total. The summed E-state index contributed by atoms with van der Waals surface area (Å²) in [5, 5.41) is 13.7. The van der Waals surface area contributed by atoms with Crippen LogP contribution in [0, 0.1) is 8.99 Å². The van der Waals surface area contributed by atoms with Gasteiger partial charge in [-0.15, -0.1) is 0 Å². The van der Waals surface area contributed by atoms with Crippen LogP contribution in [0.25, 0.3) is 11.5 Å². The molecule has 3 rings (SSSR count). The van der Waals surface area contributed by atoms with Crippen molar-refractivity contribution < 1.29 is 9.63 Å². The molecule has 18 heavy (non-hydrogen) atoms. The lowest BCUT2D eigenvalue weighted by molar-refractivity contribution is 0.418. The van der Waals surface area contributed by atoms with Crippen molar-refractivity contribution in [3.05, 3.63) is 27.6 Å². The number of hydrogen-bond donors (Lipinski definition) is 1. The Hall–Kier alpha value is -1.11. The summed E-state index contributed by atoms with van der Waals surface area (Å²) < 4.78 is 6.07. The first-order valence-electron chi connectivity index (χ1n) is 5.80. The molecule has 94 valence electrons. The zero-order chi connectivity index (χ0) is 12.9. The van der Waals surface area contributed by atoms with E-state index in [1.165, 1.54) is 0 Å². The molecular weight excluding hydrogens is 343 g/mol. The summed E-state index contributed by atoms with van der Waals surface area (Å²) in [6, 6.07) is 5.35. The van der Waals surface area contributed by atoms with Crippen LogP contribution in [0.5, 0.6) is 5.75 Å². The van der Waals surface area contributed by atoms with Gasteiger partial charge in [0.15, 0.2) is 5.82 Å². The normalized spacial score (nSPS) is 20.9. The highest BCUT2D eigenvalue weighted by Gasteiger charge is 2.49. The summed E-state index contributed by atoms with van der Waals surface area (Å²) in [7, 11) is 0. The number of aromatic nitrogens is 2. The fourth-order valence-electron chi connectivity index (χ4n) is 2.05. The van der Waals surface area contributed by atoms with Gasteiger partial charge in [0.25, 0.3) is 5.89 Å². The predicted octanol–water partition coefficient (Wildman–Crippen LogP) is 3.56. The molecule has 1 aliphatic rings. The number of benzene rings is 1. The summed E-state index contributed by atoms with van der Waals surface area (Å²) in [6.45, 7) is 4.40. The molecule has 1 saturated carbocycles. The number of nitrogens with zero attached hydrogens (tertiary/aromatic N) is 2. The first-order valence-corrected chi connectivity index (χ1v) is 6.88. The minimum Gasteiger partial charge on any atom is -0.507 e. The maximum atomic E-state index is 9.68. The van der Waals surface area contributed by atoms with Gasteiger partial charge in [0.05, 0.1) is 3.57 Å². The topological polar surface area (TPSA) is 59.2 Å². The Morgan fingerprint density at radius 1 is 1.44 bits per heavy atom. The Balaban J connectivity index is 1.91. The highest BCUT2D eigenvalue weighted by atomic mass is 127. The van der Waals surface area contributed by atoms with Crippen LogP contribution in [0.4, 0.5) is 0 Å². The van der Waals surface area contributed by atoms with E-state index in [9.17, 15) is 5.11 Å². The molecule has 0 aliphatic heterocycles. The van der Waals surface area contributed by atoms with Crippen molar-refractivity contribution >= 4 is 22.6 Å². The predicted molar refractivity (Wildman–Crippen MR) is 75.3 cm³/mol. The standard InChI is InChI=1S/C13H13IN2O2/c1-13(2)6-8(13)11-15-12(18-16-11)7-3-4-9(14)10(17)5-7/h3-5,8,17H,6H2,1-2H3. The van der Waals surface area contributed by atoms with E-state index in [0.29, 0.717) is 11.8 Å². The third-order valence-electron chi connectivity index (χ3n) is 3.46. The van der Waals surface area contributed by atoms with Gasteiger partial charge < -0.3 is 9.63 Å². The molecular formula is C13H13IN2O2. The third-order valence-corrected chi connectivity index (χ3v) is 4.37. The van der Waals surface area contributed by atoms with Crippen LogP contribution in [0.15, 0.2) is 22.7 Å². The van der Waals surface area contributed by atoms with E-state index in [-0.39, 0.29) is 11.2 Å². The van der Waals surface area contributed by atoms with E-state index in [2.05, 4.69) is 46.6 Å². The van der Waals surface area contributed by atoms with Gasteiger partial charge in [-0.25, -0.2) is 0 Å². The zero-order valence-electron chi connectivity index (χ0n) is 10.1. The smallest absolute Gasteiger partial charge is 0.258 e. The van der Waals surface area contributed by atoms with Crippen molar-refractivity contribution in [1.29, 1.82) is 0 Å². The quantitative estimate of drug-likeness (QED) is 0.836. The van der Waals surface area contributed by atoms with Crippen molar-refractivity contribution in [2.75, 3.05) is 0 Å². The van der Waals surface area contributed by atoms with E-state index in [1.807, 2.05) is 12.1 Å². The van der Waals surface area contributed by atoms with E-state index in [0.717, 1.165) is 21.4 Å². The lowest BCUT2D eigenvalue weighted by Crippen LogP contribution is -1.91. The highest BCUT2D eigenvalue weighted by molar-refractivity contribution is 14.1. The number of aromatic hydroxyl groups is 1. The monoisotopic (exact) mass is 356 g/mol. The number of hydrogen-bond acceptors (Lipinski definition) is 4. The second kappa shape index (κ2) is 3.94. The van der Waals surface area contributed by atoms with Gasteiger partial charge >= 0.3 is 0 Å². The molecule has 1 aromatic carbocycles. The molecule has 1 aromatic heterocycles. The lowest BCUT2D eigenvalue weighted by atomic mass is 10.1. The number of rotatable bonds is 2. The van der Waals surface area contributed by atoms with Crippen LogP contribution in [0.1, 0.15) is 32.0 Å². The molecule has 0 amide bonds. The molecule has 1 aliphatic carbocycles. The minimum absolute atomic E-state index is 0.236. The van der Waals surface area contributed by atoms with Gasteiger partial charge in [0, 0.05) is 11.5 Å². The third kappa shape index (κ3) is 2.00. The molecule has 0 radical (unpaired) electrons. The number of phenols is 1. The Morgan fingerprint density at radius 3 is 2.78 bits per heavy atom. The fraction of sp³-hybridized carbons (Fsp3) is 0.385.